The van der Waals surface area contributed by atoms with Gasteiger partial charge >= 0.3 is 5.97 Å². The quantitative estimate of drug-likeness (QED) is 0.721. The highest BCUT2D eigenvalue weighted by molar-refractivity contribution is 5.91. The van der Waals surface area contributed by atoms with E-state index in [1.54, 1.807) is 6.07 Å². The number of esters is 1. The van der Waals surface area contributed by atoms with Crippen LogP contribution in [0.25, 0.3) is 0 Å². The number of ether oxygens (including phenoxy) is 1. The van der Waals surface area contributed by atoms with Crippen molar-refractivity contribution < 1.29 is 9.53 Å². The van der Waals surface area contributed by atoms with Crippen molar-refractivity contribution in [3.8, 4) is 0 Å². The summed E-state index contributed by atoms with van der Waals surface area (Å²) in [6.07, 6.45) is 0. The SMILES string of the molecule is COC(=O)c1ccccc1[C@@H]1CNCCN1. The lowest BCUT2D eigenvalue weighted by Gasteiger charge is -2.26. The van der Waals surface area contributed by atoms with Crippen LogP contribution in [-0.4, -0.2) is 32.7 Å². The molecule has 1 heterocycles. The number of nitrogens with one attached hydrogen (secondary N) is 2. The van der Waals surface area contributed by atoms with E-state index in [1.165, 1.54) is 7.11 Å². The maximum atomic E-state index is 11.6. The zero-order valence-electron chi connectivity index (χ0n) is 9.32. The molecule has 1 aromatic carbocycles. The molecule has 1 aromatic rings. The van der Waals surface area contributed by atoms with Gasteiger partial charge in [0.1, 0.15) is 0 Å². The normalized spacial score (nSPS) is 20.4. The van der Waals surface area contributed by atoms with E-state index in [2.05, 4.69) is 10.6 Å². The molecule has 1 aliphatic heterocycles. The van der Waals surface area contributed by atoms with Crippen molar-refractivity contribution in [1.29, 1.82) is 0 Å². The van der Waals surface area contributed by atoms with Crippen molar-refractivity contribution >= 4 is 5.97 Å². The van der Waals surface area contributed by atoms with E-state index < -0.39 is 0 Å². The van der Waals surface area contributed by atoms with Gasteiger partial charge in [0.2, 0.25) is 0 Å². The van der Waals surface area contributed by atoms with Gasteiger partial charge in [-0.15, -0.1) is 0 Å². The van der Waals surface area contributed by atoms with Crippen LogP contribution in [0.2, 0.25) is 0 Å². The Bertz CT molecular complexity index is 373. The third-order valence-corrected chi connectivity index (χ3v) is 2.78. The van der Waals surface area contributed by atoms with E-state index in [9.17, 15) is 4.79 Å². The highest BCUT2D eigenvalue weighted by atomic mass is 16.5. The summed E-state index contributed by atoms with van der Waals surface area (Å²) in [5, 5.41) is 6.69. The first-order valence-electron chi connectivity index (χ1n) is 5.44. The molecule has 4 nitrogen and oxygen atoms in total. The van der Waals surface area contributed by atoms with Gasteiger partial charge in [-0.3, -0.25) is 0 Å². The Balaban J connectivity index is 2.28. The van der Waals surface area contributed by atoms with Crippen LogP contribution in [-0.2, 0) is 4.74 Å². The number of hydrogen-bond donors (Lipinski definition) is 2. The number of carbonyl (C=O) groups excluding carboxylic acids is 1. The number of rotatable bonds is 2. The van der Waals surface area contributed by atoms with E-state index in [0.29, 0.717) is 5.56 Å². The van der Waals surface area contributed by atoms with Gasteiger partial charge in [-0.2, -0.15) is 0 Å². The van der Waals surface area contributed by atoms with Gasteiger partial charge in [-0.1, -0.05) is 18.2 Å². The second-order valence-electron chi connectivity index (χ2n) is 3.79. The summed E-state index contributed by atoms with van der Waals surface area (Å²) >= 11 is 0. The van der Waals surface area contributed by atoms with E-state index in [1.807, 2.05) is 18.2 Å². The van der Waals surface area contributed by atoms with Gasteiger partial charge in [0.25, 0.3) is 0 Å². The smallest absolute Gasteiger partial charge is 0.338 e. The van der Waals surface area contributed by atoms with Crippen molar-refractivity contribution in [2.75, 3.05) is 26.7 Å². The molecule has 2 rings (SSSR count). The molecular formula is C12H16N2O2. The summed E-state index contributed by atoms with van der Waals surface area (Å²) in [6, 6.07) is 7.75. The first-order chi connectivity index (χ1) is 7.83. The Labute approximate surface area is 95.0 Å². The van der Waals surface area contributed by atoms with Crippen molar-refractivity contribution in [3.63, 3.8) is 0 Å². The topological polar surface area (TPSA) is 50.4 Å². The van der Waals surface area contributed by atoms with Crippen LogP contribution in [0.15, 0.2) is 24.3 Å². The van der Waals surface area contributed by atoms with E-state index in [0.717, 1.165) is 25.2 Å². The molecule has 0 spiro atoms. The summed E-state index contributed by atoms with van der Waals surface area (Å²) < 4.78 is 4.78. The van der Waals surface area contributed by atoms with Crippen LogP contribution in [0, 0.1) is 0 Å². The first kappa shape index (κ1) is 11.1. The Morgan fingerprint density at radius 1 is 1.38 bits per heavy atom. The summed E-state index contributed by atoms with van der Waals surface area (Å²) in [6.45, 7) is 2.73. The molecule has 1 saturated heterocycles. The van der Waals surface area contributed by atoms with E-state index in [4.69, 9.17) is 4.74 Å². The van der Waals surface area contributed by atoms with Crippen LogP contribution in [0.1, 0.15) is 22.0 Å². The minimum absolute atomic E-state index is 0.184. The summed E-state index contributed by atoms with van der Waals surface area (Å²) in [4.78, 5) is 11.6. The number of benzene rings is 1. The van der Waals surface area contributed by atoms with Crippen LogP contribution in [0.3, 0.4) is 0 Å². The number of hydrogen-bond acceptors (Lipinski definition) is 4. The van der Waals surface area contributed by atoms with Gasteiger partial charge in [-0.05, 0) is 11.6 Å². The second-order valence-corrected chi connectivity index (χ2v) is 3.79. The van der Waals surface area contributed by atoms with Crippen LogP contribution >= 0.6 is 0 Å². The van der Waals surface area contributed by atoms with Crippen LogP contribution in [0.5, 0.6) is 0 Å². The van der Waals surface area contributed by atoms with Gasteiger partial charge in [0.05, 0.1) is 12.7 Å². The van der Waals surface area contributed by atoms with Crippen molar-refractivity contribution in [2.45, 2.75) is 6.04 Å². The minimum atomic E-state index is -0.275. The highest BCUT2D eigenvalue weighted by Crippen LogP contribution is 2.19. The molecule has 0 unspecified atom stereocenters. The fourth-order valence-electron chi connectivity index (χ4n) is 1.97. The largest absolute Gasteiger partial charge is 0.465 e. The molecule has 1 aliphatic rings. The molecule has 0 amide bonds. The predicted molar refractivity (Wildman–Crippen MR) is 61.4 cm³/mol. The van der Waals surface area contributed by atoms with E-state index in [-0.39, 0.29) is 12.0 Å². The molecule has 4 heteroatoms. The molecule has 16 heavy (non-hydrogen) atoms. The third kappa shape index (κ3) is 2.23. The summed E-state index contributed by atoms with van der Waals surface area (Å²) in [5.74, 6) is -0.275. The highest BCUT2D eigenvalue weighted by Gasteiger charge is 2.20. The number of piperazine rings is 1. The molecule has 0 aliphatic carbocycles. The van der Waals surface area contributed by atoms with Gasteiger partial charge < -0.3 is 15.4 Å². The van der Waals surface area contributed by atoms with Crippen LogP contribution in [0.4, 0.5) is 0 Å². The maximum absolute atomic E-state index is 11.6. The van der Waals surface area contributed by atoms with Crippen LogP contribution < -0.4 is 10.6 Å². The minimum Gasteiger partial charge on any atom is -0.465 e. The maximum Gasteiger partial charge on any atom is 0.338 e. The van der Waals surface area contributed by atoms with Crippen molar-refractivity contribution in [1.82, 2.24) is 10.6 Å². The lowest BCUT2D eigenvalue weighted by Crippen LogP contribution is -2.43. The molecule has 0 saturated carbocycles. The molecule has 1 atom stereocenters. The standard InChI is InChI=1S/C12H16N2O2/c1-16-12(15)10-5-3-2-4-9(10)11-8-13-6-7-14-11/h2-5,11,13-14H,6-8H2,1H3/t11-/m0/s1. The second kappa shape index (κ2) is 5.09. The molecular weight excluding hydrogens is 204 g/mol. The van der Waals surface area contributed by atoms with Gasteiger partial charge in [0.15, 0.2) is 0 Å². The molecule has 2 N–H and O–H groups in total. The molecule has 1 fully saturated rings. The van der Waals surface area contributed by atoms with Crippen molar-refractivity contribution in [2.24, 2.45) is 0 Å². The first-order valence-corrected chi connectivity index (χ1v) is 5.44. The predicted octanol–water partition coefficient (Wildman–Crippen LogP) is 0.707. The average molecular weight is 220 g/mol. The Kier molecular flexibility index (Phi) is 3.54. The Morgan fingerprint density at radius 3 is 2.88 bits per heavy atom. The lowest BCUT2D eigenvalue weighted by molar-refractivity contribution is 0.0598. The Hall–Kier alpha value is -1.39. The summed E-state index contributed by atoms with van der Waals surface area (Å²) in [5.41, 5.74) is 1.65. The zero-order valence-corrected chi connectivity index (χ0v) is 9.32. The zero-order chi connectivity index (χ0) is 11.4. The molecule has 0 radical (unpaired) electrons. The Morgan fingerprint density at radius 2 is 2.19 bits per heavy atom. The molecule has 0 bridgehead atoms. The third-order valence-electron chi connectivity index (χ3n) is 2.78. The summed E-state index contributed by atoms with van der Waals surface area (Å²) in [7, 11) is 1.41. The fraction of sp³-hybridized carbons (Fsp3) is 0.417. The fourth-order valence-corrected chi connectivity index (χ4v) is 1.97. The van der Waals surface area contributed by atoms with Gasteiger partial charge in [0, 0.05) is 25.7 Å². The molecule has 0 aromatic heterocycles. The lowest BCUT2D eigenvalue weighted by atomic mass is 9.99. The monoisotopic (exact) mass is 220 g/mol. The van der Waals surface area contributed by atoms with Gasteiger partial charge in [-0.25, -0.2) is 4.79 Å². The molecule has 86 valence electrons. The number of carbonyl (C=O) groups is 1. The van der Waals surface area contributed by atoms with Crippen molar-refractivity contribution in [3.05, 3.63) is 35.4 Å². The van der Waals surface area contributed by atoms with E-state index >= 15 is 0 Å². The number of methoxy groups -OCH3 is 1. The average Bonchev–Trinajstić information content (AvgIpc) is 2.39.